The van der Waals surface area contributed by atoms with Gasteiger partial charge in [0.25, 0.3) is 11.8 Å². The molecule has 2 atom stereocenters. The van der Waals surface area contributed by atoms with Crippen LogP contribution in [-0.4, -0.2) is 62.1 Å². The first-order valence-electron chi connectivity index (χ1n) is 16.8. The molecule has 0 aromatic heterocycles. The van der Waals surface area contributed by atoms with Crippen molar-refractivity contribution in [3.8, 4) is 0 Å². The quantitative estimate of drug-likeness (QED) is 0.0705. The fraction of sp³-hybridized carbons (Fsp3) is 0.875. The van der Waals surface area contributed by atoms with Crippen molar-refractivity contribution in [2.24, 2.45) is 11.5 Å². The van der Waals surface area contributed by atoms with Gasteiger partial charge in [-0.1, -0.05) is 117 Å². The van der Waals surface area contributed by atoms with Crippen molar-refractivity contribution in [2.75, 3.05) is 26.2 Å². The van der Waals surface area contributed by atoms with E-state index in [1.165, 1.54) is 64.2 Å². The molecule has 0 heterocycles. The lowest BCUT2D eigenvalue weighted by Gasteiger charge is -2.25. The highest BCUT2D eigenvalue weighted by Crippen LogP contribution is 2.15. The second kappa shape index (κ2) is 28.9. The molecule has 6 N–H and O–H groups in total. The Hall–Kier alpha value is -2.20. The van der Waals surface area contributed by atoms with Crippen LogP contribution >= 0.6 is 0 Å². The minimum atomic E-state index is -1.62. The maximum absolute atomic E-state index is 12.9. The summed E-state index contributed by atoms with van der Waals surface area (Å²) < 4.78 is 11.0. The minimum Gasteiger partial charge on any atom is -0.448 e. The van der Waals surface area contributed by atoms with Gasteiger partial charge in [0, 0.05) is 39.0 Å². The zero-order chi connectivity index (χ0) is 31.3. The number of esters is 2. The Morgan fingerprint density at radius 1 is 0.500 bits per heavy atom. The van der Waals surface area contributed by atoms with Crippen LogP contribution in [0.1, 0.15) is 142 Å². The zero-order valence-electron chi connectivity index (χ0n) is 26.7. The van der Waals surface area contributed by atoms with Crippen molar-refractivity contribution >= 4 is 23.8 Å². The van der Waals surface area contributed by atoms with E-state index in [4.69, 9.17) is 20.9 Å². The molecule has 246 valence electrons. The van der Waals surface area contributed by atoms with Crippen LogP contribution in [0.4, 0.5) is 0 Å². The maximum atomic E-state index is 12.9. The Balaban J connectivity index is 4.98. The normalized spacial score (nSPS) is 12.4. The van der Waals surface area contributed by atoms with E-state index in [0.29, 0.717) is 12.8 Å². The molecule has 42 heavy (non-hydrogen) atoms. The second-order valence-electron chi connectivity index (χ2n) is 11.1. The molecule has 2 amide bonds. The largest absolute Gasteiger partial charge is 0.448 e. The van der Waals surface area contributed by atoms with Crippen molar-refractivity contribution in [3.63, 3.8) is 0 Å². The molecule has 0 bridgehead atoms. The van der Waals surface area contributed by atoms with Crippen molar-refractivity contribution < 1.29 is 28.7 Å². The second-order valence-corrected chi connectivity index (χ2v) is 11.1. The average Bonchev–Trinajstić information content (AvgIpc) is 2.98. The Kier molecular flexibility index (Phi) is 27.4. The SMILES string of the molecule is CCCCCCCCCCCC(=O)O[C@@H](C(=O)NCCN)[C@@H](OC(=O)CCCCCCCCCCC)C(=O)NCCN. The molecule has 0 aliphatic rings. The summed E-state index contributed by atoms with van der Waals surface area (Å²) in [6.07, 6.45) is 16.7. The molecule has 0 spiro atoms. The van der Waals surface area contributed by atoms with Gasteiger partial charge < -0.3 is 31.6 Å². The van der Waals surface area contributed by atoms with E-state index in [1.807, 2.05) is 0 Å². The van der Waals surface area contributed by atoms with E-state index in [0.717, 1.165) is 38.5 Å². The van der Waals surface area contributed by atoms with E-state index in [1.54, 1.807) is 0 Å². The summed E-state index contributed by atoms with van der Waals surface area (Å²) in [6.45, 7) is 4.95. The molecule has 0 aliphatic heterocycles. The Bertz CT molecular complexity index is 648. The predicted molar refractivity (Wildman–Crippen MR) is 168 cm³/mol. The molecule has 0 saturated heterocycles. The molecule has 0 aliphatic carbocycles. The van der Waals surface area contributed by atoms with Gasteiger partial charge in [-0.15, -0.1) is 0 Å². The Morgan fingerprint density at radius 2 is 0.786 bits per heavy atom. The summed E-state index contributed by atoms with van der Waals surface area (Å²) in [5, 5.41) is 5.11. The van der Waals surface area contributed by atoms with Gasteiger partial charge in [0.2, 0.25) is 12.2 Å². The molecule has 10 nitrogen and oxygen atoms in total. The highest BCUT2D eigenvalue weighted by atomic mass is 16.6. The van der Waals surface area contributed by atoms with Crippen molar-refractivity contribution in [3.05, 3.63) is 0 Å². The van der Waals surface area contributed by atoms with E-state index >= 15 is 0 Å². The molecule has 0 aromatic carbocycles. The molecule has 0 aromatic rings. The molecule has 0 radical (unpaired) electrons. The third-order valence-electron chi connectivity index (χ3n) is 7.16. The van der Waals surface area contributed by atoms with Crippen LogP contribution in [-0.2, 0) is 28.7 Å². The van der Waals surface area contributed by atoms with Gasteiger partial charge in [0.15, 0.2) is 0 Å². The highest BCUT2D eigenvalue weighted by molar-refractivity contribution is 5.93. The number of amides is 2. The Morgan fingerprint density at radius 3 is 1.07 bits per heavy atom. The number of unbranched alkanes of at least 4 members (excludes halogenated alkanes) is 16. The van der Waals surface area contributed by atoms with Gasteiger partial charge in [-0.25, -0.2) is 0 Å². The highest BCUT2D eigenvalue weighted by Gasteiger charge is 2.40. The van der Waals surface area contributed by atoms with Crippen molar-refractivity contribution in [1.82, 2.24) is 10.6 Å². The number of hydrogen-bond donors (Lipinski definition) is 4. The number of carbonyl (C=O) groups is 4. The molecule has 10 heteroatoms. The van der Waals surface area contributed by atoms with Crippen LogP contribution in [0, 0.1) is 0 Å². The first kappa shape index (κ1) is 39.8. The van der Waals surface area contributed by atoms with Crippen molar-refractivity contribution in [2.45, 2.75) is 154 Å². The molecule has 0 fully saturated rings. The Labute approximate surface area is 255 Å². The summed E-state index contributed by atoms with van der Waals surface area (Å²) >= 11 is 0. The first-order valence-corrected chi connectivity index (χ1v) is 16.8. The van der Waals surface area contributed by atoms with Gasteiger partial charge >= 0.3 is 11.9 Å². The summed E-state index contributed by atoms with van der Waals surface area (Å²) in [5.41, 5.74) is 11.0. The zero-order valence-corrected chi connectivity index (χ0v) is 26.7. The van der Waals surface area contributed by atoms with Crippen LogP contribution in [0.25, 0.3) is 0 Å². The lowest BCUT2D eigenvalue weighted by atomic mass is 10.1. The van der Waals surface area contributed by atoms with Crippen molar-refractivity contribution in [1.29, 1.82) is 0 Å². The van der Waals surface area contributed by atoms with Gasteiger partial charge in [-0.3, -0.25) is 19.2 Å². The number of carbonyl (C=O) groups excluding carboxylic acids is 4. The summed E-state index contributed by atoms with van der Waals surface area (Å²) in [5.74, 6) is -2.69. The monoisotopic (exact) mass is 598 g/mol. The van der Waals surface area contributed by atoms with Crippen LogP contribution in [0.5, 0.6) is 0 Å². The number of nitrogens with one attached hydrogen (secondary N) is 2. The van der Waals surface area contributed by atoms with E-state index in [2.05, 4.69) is 24.5 Å². The van der Waals surface area contributed by atoms with Crippen LogP contribution in [0.3, 0.4) is 0 Å². The number of hydrogen-bond acceptors (Lipinski definition) is 8. The summed E-state index contributed by atoms with van der Waals surface area (Å²) in [7, 11) is 0. The third-order valence-corrected chi connectivity index (χ3v) is 7.16. The van der Waals surface area contributed by atoms with Gasteiger partial charge in [0.1, 0.15) is 0 Å². The average molecular weight is 599 g/mol. The topological polar surface area (TPSA) is 163 Å². The first-order chi connectivity index (χ1) is 20.4. The predicted octanol–water partition coefficient (Wildman–Crippen LogP) is 4.80. The van der Waals surface area contributed by atoms with Gasteiger partial charge in [-0.05, 0) is 12.8 Å². The summed E-state index contributed by atoms with van der Waals surface area (Å²) in [4.78, 5) is 51.3. The molecular formula is C32H62N4O6. The van der Waals surface area contributed by atoms with Gasteiger partial charge in [0.05, 0.1) is 0 Å². The molecule has 0 saturated carbocycles. The minimum absolute atomic E-state index is 0.111. The maximum Gasteiger partial charge on any atom is 0.306 e. The van der Waals surface area contributed by atoms with Crippen LogP contribution in [0.15, 0.2) is 0 Å². The van der Waals surface area contributed by atoms with Gasteiger partial charge in [-0.2, -0.15) is 0 Å². The lowest BCUT2D eigenvalue weighted by molar-refractivity contribution is -0.176. The van der Waals surface area contributed by atoms with E-state index < -0.39 is 36.0 Å². The van der Waals surface area contributed by atoms with Crippen LogP contribution < -0.4 is 22.1 Å². The van der Waals surface area contributed by atoms with E-state index in [-0.39, 0.29) is 39.0 Å². The lowest BCUT2D eigenvalue weighted by Crippen LogP contribution is -2.54. The number of ether oxygens (including phenoxy) is 2. The smallest absolute Gasteiger partial charge is 0.306 e. The number of rotatable bonds is 29. The van der Waals surface area contributed by atoms with E-state index in [9.17, 15) is 19.2 Å². The molecule has 0 rings (SSSR count). The summed E-state index contributed by atoms with van der Waals surface area (Å²) in [6, 6.07) is 0. The standard InChI is InChI=1S/C32H62N4O6/c1-3-5-7-9-11-13-15-17-19-21-27(37)41-29(31(39)35-25-23-33)30(32(40)36-26-24-34)42-28(38)22-20-18-16-14-12-10-8-6-4-2/h29-30H,3-26,33-34H2,1-2H3,(H,35,39)(H,36,40)/t29-,30-/m1/s1. The number of nitrogens with two attached hydrogens (primary N) is 2. The fourth-order valence-corrected chi connectivity index (χ4v) is 4.66. The van der Waals surface area contributed by atoms with Crippen LogP contribution in [0.2, 0.25) is 0 Å². The fourth-order valence-electron chi connectivity index (χ4n) is 4.66. The molecular weight excluding hydrogens is 536 g/mol. The molecule has 0 unspecified atom stereocenters. The third kappa shape index (κ3) is 22.4.